The van der Waals surface area contributed by atoms with Crippen molar-refractivity contribution >= 4 is 23.2 Å². The minimum Gasteiger partial charge on any atom is -0.467 e. The van der Waals surface area contributed by atoms with Gasteiger partial charge in [0.1, 0.15) is 11.9 Å². The summed E-state index contributed by atoms with van der Waals surface area (Å²) in [7, 11) is 0. The van der Waals surface area contributed by atoms with Gasteiger partial charge in [-0.25, -0.2) is 0 Å². The number of ether oxygens (including phenoxy) is 1. The molecule has 160 valence electrons. The van der Waals surface area contributed by atoms with Crippen molar-refractivity contribution in [3.8, 4) is 0 Å². The first-order valence-corrected chi connectivity index (χ1v) is 11.0. The molecule has 0 aliphatic carbocycles. The Labute approximate surface area is 187 Å². The van der Waals surface area contributed by atoms with E-state index < -0.39 is 0 Å². The number of morpholine rings is 1. The SMILES string of the molecule is CC1Cc2ccccc2N1Cc1occc1C(=O)N1CCOC(c2ccc(Cl)cc2)C1. The fraction of sp³-hybridized carbons (Fsp3) is 0.320. The third kappa shape index (κ3) is 3.95. The number of para-hydroxylation sites is 1. The molecule has 5 nitrogen and oxygen atoms in total. The summed E-state index contributed by atoms with van der Waals surface area (Å²) in [5.41, 5.74) is 4.22. The molecule has 0 N–H and O–H groups in total. The number of hydrogen-bond donors (Lipinski definition) is 0. The molecule has 3 aromatic rings. The molecular formula is C25H25ClN2O3. The van der Waals surface area contributed by atoms with Crippen molar-refractivity contribution in [1.82, 2.24) is 4.90 Å². The van der Waals surface area contributed by atoms with Crippen LogP contribution >= 0.6 is 11.6 Å². The first kappa shape index (κ1) is 20.2. The molecule has 1 amide bonds. The Morgan fingerprint density at radius 2 is 1.94 bits per heavy atom. The summed E-state index contributed by atoms with van der Waals surface area (Å²) < 4.78 is 11.7. The average Bonchev–Trinajstić information content (AvgIpc) is 3.38. The molecule has 5 rings (SSSR count). The monoisotopic (exact) mass is 436 g/mol. The van der Waals surface area contributed by atoms with Crippen LogP contribution in [0.2, 0.25) is 5.02 Å². The lowest BCUT2D eigenvalue weighted by atomic mass is 10.1. The summed E-state index contributed by atoms with van der Waals surface area (Å²) in [4.78, 5) is 17.6. The zero-order chi connectivity index (χ0) is 21.4. The van der Waals surface area contributed by atoms with Crippen molar-refractivity contribution in [3.63, 3.8) is 0 Å². The minimum atomic E-state index is -0.157. The lowest BCUT2D eigenvalue weighted by Crippen LogP contribution is -2.42. The van der Waals surface area contributed by atoms with Gasteiger partial charge in [-0.1, -0.05) is 41.9 Å². The third-order valence-electron chi connectivity index (χ3n) is 6.23. The van der Waals surface area contributed by atoms with E-state index in [1.54, 1.807) is 12.3 Å². The van der Waals surface area contributed by atoms with Gasteiger partial charge < -0.3 is 19.0 Å². The number of carbonyl (C=O) groups excluding carboxylic acids is 1. The van der Waals surface area contributed by atoms with Crippen molar-refractivity contribution in [3.05, 3.63) is 88.3 Å². The Kier molecular flexibility index (Phi) is 5.47. The standard InChI is InChI=1S/C25H25ClN2O3/c1-17-14-19-4-2-3-5-22(19)28(17)16-24-21(10-12-30-24)25(29)27-11-13-31-23(15-27)18-6-8-20(26)9-7-18/h2-10,12,17,23H,11,13-16H2,1H3. The summed E-state index contributed by atoms with van der Waals surface area (Å²) in [5, 5.41) is 0.688. The fourth-order valence-corrected chi connectivity index (χ4v) is 4.69. The van der Waals surface area contributed by atoms with E-state index >= 15 is 0 Å². The number of benzene rings is 2. The van der Waals surface area contributed by atoms with E-state index in [1.165, 1.54) is 11.3 Å². The maximum absolute atomic E-state index is 13.4. The highest BCUT2D eigenvalue weighted by Crippen LogP contribution is 2.34. The van der Waals surface area contributed by atoms with Gasteiger partial charge in [-0.3, -0.25) is 4.79 Å². The first-order chi connectivity index (χ1) is 15.1. The molecule has 0 bridgehead atoms. The lowest BCUT2D eigenvalue weighted by molar-refractivity contribution is -0.0228. The van der Waals surface area contributed by atoms with E-state index in [4.69, 9.17) is 20.8 Å². The van der Waals surface area contributed by atoms with Gasteiger partial charge in [0.25, 0.3) is 5.91 Å². The molecule has 2 aliphatic heterocycles. The maximum atomic E-state index is 13.4. The number of hydrogen-bond acceptors (Lipinski definition) is 4. The van der Waals surface area contributed by atoms with Gasteiger partial charge in [0.15, 0.2) is 0 Å². The molecular weight excluding hydrogens is 412 g/mol. The van der Waals surface area contributed by atoms with E-state index in [1.807, 2.05) is 29.2 Å². The van der Waals surface area contributed by atoms with Crippen molar-refractivity contribution in [2.24, 2.45) is 0 Å². The van der Waals surface area contributed by atoms with Crippen LogP contribution in [0.3, 0.4) is 0 Å². The lowest BCUT2D eigenvalue weighted by Gasteiger charge is -2.33. The van der Waals surface area contributed by atoms with Crippen LogP contribution in [0, 0.1) is 0 Å². The van der Waals surface area contributed by atoms with Crippen LogP contribution in [0.1, 0.15) is 40.3 Å². The quantitative estimate of drug-likeness (QED) is 0.571. The molecule has 0 radical (unpaired) electrons. The van der Waals surface area contributed by atoms with E-state index in [0.29, 0.717) is 48.6 Å². The number of nitrogens with zero attached hydrogens (tertiary/aromatic N) is 2. The molecule has 2 aliphatic rings. The predicted octanol–water partition coefficient (Wildman–Crippen LogP) is 5.10. The molecule has 0 saturated carbocycles. The van der Waals surface area contributed by atoms with E-state index in [0.717, 1.165) is 12.0 Å². The molecule has 2 aromatic carbocycles. The number of furan rings is 1. The number of rotatable bonds is 4. The van der Waals surface area contributed by atoms with Crippen LogP contribution in [0.4, 0.5) is 5.69 Å². The van der Waals surface area contributed by atoms with Crippen molar-refractivity contribution < 1.29 is 13.9 Å². The molecule has 2 unspecified atom stereocenters. The normalized spacial score (nSPS) is 20.7. The predicted molar refractivity (Wildman–Crippen MR) is 121 cm³/mol. The second kappa shape index (κ2) is 8.40. The second-order valence-electron chi connectivity index (χ2n) is 8.23. The Bertz CT molecular complexity index is 1080. The summed E-state index contributed by atoms with van der Waals surface area (Å²) in [5.74, 6) is 0.703. The van der Waals surface area contributed by atoms with Crippen molar-refractivity contribution in [2.75, 3.05) is 24.6 Å². The zero-order valence-electron chi connectivity index (χ0n) is 17.5. The fourth-order valence-electron chi connectivity index (χ4n) is 4.56. The number of fused-ring (bicyclic) bond motifs is 1. The van der Waals surface area contributed by atoms with Gasteiger partial charge in [0.2, 0.25) is 0 Å². The summed E-state index contributed by atoms with van der Waals surface area (Å²) in [6, 6.07) is 18.2. The van der Waals surface area contributed by atoms with Gasteiger partial charge in [-0.15, -0.1) is 0 Å². The molecule has 1 fully saturated rings. The summed E-state index contributed by atoms with van der Waals surface area (Å²) >= 11 is 6.01. The van der Waals surface area contributed by atoms with Crippen LogP contribution < -0.4 is 4.90 Å². The van der Waals surface area contributed by atoms with Crippen LogP contribution in [-0.2, 0) is 17.7 Å². The van der Waals surface area contributed by atoms with Crippen molar-refractivity contribution in [2.45, 2.75) is 32.0 Å². The Hall–Kier alpha value is -2.76. The number of anilines is 1. The average molecular weight is 437 g/mol. The van der Waals surface area contributed by atoms with Gasteiger partial charge >= 0.3 is 0 Å². The topological polar surface area (TPSA) is 45.9 Å². The highest BCUT2D eigenvalue weighted by atomic mass is 35.5. The van der Waals surface area contributed by atoms with Crippen LogP contribution in [0.15, 0.2) is 65.3 Å². The molecule has 0 spiro atoms. The Morgan fingerprint density at radius 3 is 2.77 bits per heavy atom. The summed E-state index contributed by atoms with van der Waals surface area (Å²) in [6.45, 7) is 4.37. The second-order valence-corrected chi connectivity index (χ2v) is 8.67. The van der Waals surface area contributed by atoms with E-state index in [2.05, 4.69) is 36.1 Å². The first-order valence-electron chi connectivity index (χ1n) is 10.7. The molecule has 6 heteroatoms. The largest absolute Gasteiger partial charge is 0.467 e. The van der Waals surface area contributed by atoms with Crippen LogP contribution in [0.5, 0.6) is 0 Å². The highest BCUT2D eigenvalue weighted by molar-refractivity contribution is 6.30. The Balaban J connectivity index is 1.33. The number of amides is 1. The molecule has 1 aromatic heterocycles. The zero-order valence-corrected chi connectivity index (χ0v) is 18.2. The van der Waals surface area contributed by atoms with E-state index in [-0.39, 0.29) is 12.0 Å². The summed E-state index contributed by atoms with van der Waals surface area (Å²) in [6.07, 6.45) is 2.47. The minimum absolute atomic E-state index is 0.00820. The van der Waals surface area contributed by atoms with Crippen LogP contribution in [-0.4, -0.2) is 36.5 Å². The van der Waals surface area contributed by atoms with Gasteiger partial charge in [-0.05, 0) is 48.7 Å². The van der Waals surface area contributed by atoms with Gasteiger partial charge in [0, 0.05) is 23.3 Å². The van der Waals surface area contributed by atoms with Gasteiger partial charge in [-0.2, -0.15) is 0 Å². The van der Waals surface area contributed by atoms with Gasteiger partial charge in [0.05, 0.1) is 31.5 Å². The van der Waals surface area contributed by atoms with Crippen molar-refractivity contribution in [1.29, 1.82) is 0 Å². The highest BCUT2D eigenvalue weighted by Gasteiger charge is 2.31. The molecule has 3 heterocycles. The molecule has 2 atom stereocenters. The number of carbonyl (C=O) groups is 1. The smallest absolute Gasteiger partial charge is 0.257 e. The number of halogens is 1. The third-order valence-corrected chi connectivity index (χ3v) is 6.49. The molecule has 1 saturated heterocycles. The maximum Gasteiger partial charge on any atom is 0.257 e. The Morgan fingerprint density at radius 1 is 1.13 bits per heavy atom. The van der Waals surface area contributed by atoms with Crippen LogP contribution in [0.25, 0.3) is 0 Å². The van der Waals surface area contributed by atoms with E-state index in [9.17, 15) is 4.79 Å². The molecule has 31 heavy (non-hydrogen) atoms.